The van der Waals surface area contributed by atoms with E-state index >= 15 is 0 Å². The van der Waals surface area contributed by atoms with Gasteiger partial charge in [-0.1, -0.05) is 121 Å². The minimum absolute atomic E-state index is 0.149. The predicted molar refractivity (Wildman–Crippen MR) is 218 cm³/mol. The van der Waals surface area contributed by atoms with Crippen LogP contribution in [0.15, 0.2) is 140 Å². The summed E-state index contributed by atoms with van der Waals surface area (Å²) in [6.07, 6.45) is 7.03. The first-order chi connectivity index (χ1) is 26.2. The van der Waals surface area contributed by atoms with E-state index in [0.717, 1.165) is 40.4 Å². The van der Waals surface area contributed by atoms with Gasteiger partial charge in [-0.05, 0) is 107 Å². The Balaban J connectivity index is 1.01. The lowest BCUT2D eigenvalue weighted by molar-refractivity contribution is -0.0399. The van der Waals surface area contributed by atoms with Gasteiger partial charge in [-0.3, -0.25) is 0 Å². The van der Waals surface area contributed by atoms with Crippen molar-refractivity contribution in [2.75, 3.05) is 0 Å². The lowest BCUT2D eigenvalue weighted by Gasteiger charge is -2.61. The first-order valence-electron chi connectivity index (χ1n) is 19.3. The third-order valence-corrected chi connectivity index (χ3v) is 14.4. The second kappa shape index (κ2) is 11.3. The standard InChI is InChI=1S/C49H37N3S/c1-2-10-31(11-3-1)46-50-47(52-48(51-46)34-20-21-39-38-14-5-7-19-43(38)53-44(39)28-34)33-13-8-12-32(27-33)37-16-9-18-42-45(37)40-15-4-6-17-41(40)49(42)35-23-29-22-30(25-35)26-36(49)24-29/h1-21,27-30,35-36H,22-26H2. The summed E-state index contributed by atoms with van der Waals surface area (Å²) in [6.45, 7) is 0. The molecule has 53 heavy (non-hydrogen) atoms. The molecule has 0 atom stereocenters. The number of nitrogens with zero attached hydrogens (tertiary/aromatic N) is 3. The fourth-order valence-corrected chi connectivity index (χ4v) is 12.6. The van der Waals surface area contributed by atoms with Crippen LogP contribution >= 0.6 is 11.3 Å². The lowest BCUT2D eigenvalue weighted by atomic mass is 9.43. The van der Waals surface area contributed by atoms with E-state index in [2.05, 4.69) is 121 Å². The highest BCUT2D eigenvalue weighted by molar-refractivity contribution is 7.25. The molecular formula is C49H37N3S. The summed E-state index contributed by atoms with van der Waals surface area (Å²) in [5, 5.41) is 2.56. The van der Waals surface area contributed by atoms with Crippen LogP contribution in [0.5, 0.6) is 0 Å². The molecule has 1 spiro atoms. The molecule has 2 aromatic heterocycles. The van der Waals surface area contributed by atoms with E-state index in [-0.39, 0.29) is 5.41 Å². The van der Waals surface area contributed by atoms with Gasteiger partial charge in [-0.25, -0.2) is 15.0 Å². The second-order valence-electron chi connectivity index (χ2n) is 16.0. The first kappa shape index (κ1) is 30.1. The molecular weight excluding hydrogens is 663 g/mol. The fourth-order valence-electron chi connectivity index (χ4n) is 11.5. The minimum Gasteiger partial charge on any atom is -0.208 e. The molecule has 3 nitrogen and oxygen atoms in total. The second-order valence-corrected chi connectivity index (χ2v) is 17.1. The van der Waals surface area contributed by atoms with Crippen LogP contribution in [0, 0.1) is 23.7 Å². The van der Waals surface area contributed by atoms with Crippen molar-refractivity contribution in [1.82, 2.24) is 15.0 Å². The zero-order chi connectivity index (χ0) is 34.7. The largest absolute Gasteiger partial charge is 0.208 e. The van der Waals surface area contributed by atoms with Gasteiger partial charge in [0.05, 0.1) is 0 Å². The van der Waals surface area contributed by atoms with E-state index in [4.69, 9.17) is 15.0 Å². The summed E-state index contributed by atoms with van der Waals surface area (Å²) in [4.78, 5) is 15.4. The van der Waals surface area contributed by atoms with Crippen molar-refractivity contribution in [3.8, 4) is 56.4 Å². The summed E-state index contributed by atoms with van der Waals surface area (Å²) >= 11 is 1.82. The number of fused-ring (bicyclic) bond motifs is 6. The smallest absolute Gasteiger partial charge is 0.164 e. The van der Waals surface area contributed by atoms with Crippen molar-refractivity contribution in [2.45, 2.75) is 37.5 Å². The highest BCUT2D eigenvalue weighted by atomic mass is 32.1. The maximum Gasteiger partial charge on any atom is 0.164 e. The molecule has 254 valence electrons. The minimum atomic E-state index is 0.149. The Labute approximate surface area is 313 Å². The van der Waals surface area contributed by atoms with E-state index in [9.17, 15) is 0 Å². The molecule has 0 radical (unpaired) electrons. The molecule has 0 amide bonds. The molecule has 4 saturated carbocycles. The molecule has 0 aliphatic heterocycles. The highest BCUT2D eigenvalue weighted by Gasteiger charge is 2.61. The normalized spacial score (nSPS) is 23.5. The molecule has 5 aliphatic carbocycles. The SMILES string of the molecule is c1ccc(-c2nc(-c3cccc(-c4cccc5c4-c4ccccc4C54C5CC6CC(C5)CC4C6)c3)nc(-c3ccc4c(c3)sc3ccccc34)n2)cc1. The van der Waals surface area contributed by atoms with Crippen molar-refractivity contribution < 1.29 is 0 Å². The predicted octanol–water partition coefficient (Wildman–Crippen LogP) is 12.6. The fraction of sp³-hybridized carbons (Fsp3) is 0.204. The van der Waals surface area contributed by atoms with E-state index < -0.39 is 0 Å². The quantitative estimate of drug-likeness (QED) is 0.184. The maximum absolute atomic E-state index is 5.20. The van der Waals surface area contributed by atoms with E-state index in [1.165, 1.54) is 74.5 Å². The number of rotatable bonds is 4. The van der Waals surface area contributed by atoms with E-state index in [1.807, 2.05) is 29.5 Å². The summed E-state index contributed by atoms with van der Waals surface area (Å²) in [6, 6.07) is 51.1. The average molecular weight is 700 g/mol. The Kier molecular flexibility index (Phi) is 6.39. The van der Waals surface area contributed by atoms with Crippen molar-refractivity contribution in [3.05, 3.63) is 151 Å². The number of aromatic nitrogens is 3. The van der Waals surface area contributed by atoms with Crippen molar-refractivity contribution in [3.63, 3.8) is 0 Å². The van der Waals surface area contributed by atoms with Gasteiger partial charge in [0.1, 0.15) is 0 Å². The molecule has 6 aromatic carbocycles. The van der Waals surface area contributed by atoms with Crippen molar-refractivity contribution in [1.29, 1.82) is 0 Å². The molecule has 8 aromatic rings. The van der Waals surface area contributed by atoms with Gasteiger partial charge in [-0.15, -0.1) is 11.3 Å². The topological polar surface area (TPSA) is 38.7 Å². The zero-order valence-electron chi connectivity index (χ0n) is 29.4. The number of benzene rings is 6. The molecule has 5 aliphatic rings. The molecule has 2 heterocycles. The maximum atomic E-state index is 5.20. The monoisotopic (exact) mass is 699 g/mol. The third-order valence-electron chi connectivity index (χ3n) is 13.3. The average Bonchev–Trinajstić information content (AvgIpc) is 3.73. The van der Waals surface area contributed by atoms with Gasteiger partial charge < -0.3 is 0 Å². The molecule has 0 N–H and O–H groups in total. The van der Waals surface area contributed by atoms with Gasteiger partial charge in [0, 0.05) is 42.3 Å². The molecule has 4 fully saturated rings. The van der Waals surface area contributed by atoms with Gasteiger partial charge >= 0.3 is 0 Å². The Hall–Kier alpha value is -5.45. The lowest BCUT2D eigenvalue weighted by Crippen LogP contribution is -2.55. The van der Waals surface area contributed by atoms with Crippen LogP contribution in [0.3, 0.4) is 0 Å². The van der Waals surface area contributed by atoms with E-state index in [0.29, 0.717) is 17.5 Å². The van der Waals surface area contributed by atoms with Gasteiger partial charge in [0.2, 0.25) is 0 Å². The van der Waals surface area contributed by atoms with Crippen LogP contribution in [0.2, 0.25) is 0 Å². The van der Waals surface area contributed by atoms with Crippen LogP contribution in [-0.2, 0) is 5.41 Å². The van der Waals surface area contributed by atoms with Crippen LogP contribution in [0.1, 0.15) is 43.2 Å². The van der Waals surface area contributed by atoms with Gasteiger partial charge in [0.15, 0.2) is 17.5 Å². The van der Waals surface area contributed by atoms with Crippen LogP contribution in [-0.4, -0.2) is 15.0 Å². The van der Waals surface area contributed by atoms with Crippen LogP contribution < -0.4 is 0 Å². The summed E-state index contributed by atoms with van der Waals surface area (Å²) in [5.41, 5.74) is 11.7. The first-order valence-corrected chi connectivity index (χ1v) is 20.1. The Bertz CT molecular complexity index is 2730. The summed E-state index contributed by atoms with van der Waals surface area (Å²) in [5.74, 6) is 5.42. The molecule has 0 unspecified atom stereocenters. The van der Waals surface area contributed by atoms with Crippen molar-refractivity contribution >= 4 is 31.5 Å². The Morgan fingerprint density at radius 2 is 1.02 bits per heavy atom. The Morgan fingerprint density at radius 1 is 0.434 bits per heavy atom. The van der Waals surface area contributed by atoms with Gasteiger partial charge in [0.25, 0.3) is 0 Å². The van der Waals surface area contributed by atoms with E-state index in [1.54, 1.807) is 11.1 Å². The summed E-state index contributed by atoms with van der Waals surface area (Å²) < 4.78 is 2.53. The zero-order valence-corrected chi connectivity index (χ0v) is 30.2. The molecule has 13 rings (SSSR count). The van der Waals surface area contributed by atoms with Crippen LogP contribution in [0.25, 0.3) is 76.6 Å². The third kappa shape index (κ3) is 4.36. The number of thiophene rings is 1. The Morgan fingerprint density at radius 3 is 1.83 bits per heavy atom. The number of hydrogen-bond acceptors (Lipinski definition) is 4. The number of hydrogen-bond donors (Lipinski definition) is 0. The molecule has 4 heteroatoms. The van der Waals surface area contributed by atoms with Gasteiger partial charge in [-0.2, -0.15) is 0 Å². The molecule has 0 saturated heterocycles. The van der Waals surface area contributed by atoms with Crippen LogP contribution in [0.4, 0.5) is 0 Å². The molecule has 4 bridgehead atoms. The highest BCUT2D eigenvalue weighted by Crippen LogP contribution is 2.70. The summed E-state index contributed by atoms with van der Waals surface area (Å²) in [7, 11) is 0. The van der Waals surface area contributed by atoms with Crippen molar-refractivity contribution in [2.24, 2.45) is 23.7 Å².